The van der Waals surface area contributed by atoms with Gasteiger partial charge in [0.25, 0.3) is 0 Å². The van der Waals surface area contributed by atoms with Gasteiger partial charge in [-0.1, -0.05) is 31.4 Å². The fourth-order valence-electron chi connectivity index (χ4n) is 3.22. The van der Waals surface area contributed by atoms with Gasteiger partial charge < -0.3 is 11.1 Å². The third kappa shape index (κ3) is 5.67. The Morgan fingerprint density at radius 1 is 1.21 bits per heavy atom. The molecule has 3 N–H and O–H groups in total. The molecule has 1 saturated carbocycles. The maximum Gasteiger partial charge on any atom is 0.416 e. The first-order chi connectivity index (χ1) is 10.8. The SMILES string of the molecule is Cl.NCC1(CC(=O)NCc2cccc(C(F)(F)F)c2)CCCCC1. The minimum absolute atomic E-state index is 0. The zero-order chi connectivity index (χ0) is 16.9. The number of nitrogens with two attached hydrogens (primary N) is 1. The number of hydrogen-bond donors (Lipinski definition) is 2. The van der Waals surface area contributed by atoms with Gasteiger partial charge in [-0.2, -0.15) is 13.2 Å². The van der Waals surface area contributed by atoms with E-state index in [9.17, 15) is 18.0 Å². The summed E-state index contributed by atoms with van der Waals surface area (Å²) >= 11 is 0. The van der Waals surface area contributed by atoms with Crippen molar-refractivity contribution in [2.75, 3.05) is 6.54 Å². The molecule has 0 aromatic heterocycles. The van der Waals surface area contributed by atoms with Crippen LogP contribution in [0.25, 0.3) is 0 Å². The molecule has 1 fully saturated rings. The summed E-state index contributed by atoms with van der Waals surface area (Å²) in [6, 6.07) is 5.03. The standard InChI is InChI=1S/C17H23F3N2O.ClH/c18-17(19,20)14-6-4-5-13(9-14)11-22-15(23)10-16(12-21)7-2-1-3-8-16;/h4-6,9H,1-3,7-8,10-12,21H2,(H,22,23);1H. The molecule has 2 rings (SSSR count). The average molecular weight is 365 g/mol. The van der Waals surface area contributed by atoms with E-state index in [0.717, 1.165) is 37.8 Å². The van der Waals surface area contributed by atoms with Crippen LogP contribution < -0.4 is 11.1 Å². The largest absolute Gasteiger partial charge is 0.416 e. The van der Waals surface area contributed by atoms with E-state index in [0.29, 0.717) is 18.5 Å². The molecule has 1 aromatic rings. The van der Waals surface area contributed by atoms with Crippen molar-refractivity contribution < 1.29 is 18.0 Å². The third-order valence-electron chi connectivity index (χ3n) is 4.63. The third-order valence-corrected chi connectivity index (χ3v) is 4.63. The summed E-state index contributed by atoms with van der Waals surface area (Å²) in [6.45, 7) is 0.577. The number of alkyl halides is 3. The Hall–Kier alpha value is -1.27. The first-order valence-electron chi connectivity index (χ1n) is 7.98. The molecule has 0 spiro atoms. The molecule has 136 valence electrons. The number of amides is 1. The zero-order valence-corrected chi connectivity index (χ0v) is 14.3. The van der Waals surface area contributed by atoms with Crippen molar-refractivity contribution >= 4 is 18.3 Å². The summed E-state index contributed by atoms with van der Waals surface area (Å²) in [5.74, 6) is -0.144. The van der Waals surface area contributed by atoms with E-state index < -0.39 is 11.7 Å². The van der Waals surface area contributed by atoms with Crippen molar-refractivity contribution in [2.24, 2.45) is 11.1 Å². The Balaban J connectivity index is 0.00000288. The van der Waals surface area contributed by atoms with Gasteiger partial charge in [-0.15, -0.1) is 12.4 Å². The quantitative estimate of drug-likeness (QED) is 0.828. The summed E-state index contributed by atoms with van der Waals surface area (Å²) in [7, 11) is 0. The van der Waals surface area contributed by atoms with Crippen LogP contribution >= 0.6 is 12.4 Å². The predicted molar refractivity (Wildman–Crippen MR) is 89.7 cm³/mol. The van der Waals surface area contributed by atoms with E-state index in [2.05, 4.69) is 5.32 Å². The molecule has 0 saturated heterocycles. The molecule has 1 aliphatic rings. The summed E-state index contributed by atoms with van der Waals surface area (Å²) in [4.78, 5) is 12.1. The molecule has 1 amide bonds. The number of halogens is 4. The minimum atomic E-state index is -4.37. The van der Waals surface area contributed by atoms with Crippen molar-refractivity contribution in [2.45, 2.75) is 51.2 Å². The van der Waals surface area contributed by atoms with Gasteiger partial charge in [-0.25, -0.2) is 0 Å². The van der Waals surface area contributed by atoms with Crippen LogP contribution in [0.5, 0.6) is 0 Å². The summed E-state index contributed by atoms with van der Waals surface area (Å²) in [5, 5.41) is 2.72. The van der Waals surface area contributed by atoms with Crippen molar-refractivity contribution in [3.05, 3.63) is 35.4 Å². The van der Waals surface area contributed by atoms with Gasteiger partial charge in [0.05, 0.1) is 5.56 Å². The van der Waals surface area contributed by atoms with E-state index >= 15 is 0 Å². The second-order valence-corrected chi connectivity index (χ2v) is 6.42. The van der Waals surface area contributed by atoms with E-state index in [1.165, 1.54) is 12.5 Å². The van der Waals surface area contributed by atoms with Crippen molar-refractivity contribution in [3.8, 4) is 0 Å². The number of hydrogen-bond acceptors (Lipinski definition) is 2. The van der Waals surface area contributed by atoms with Crippen LogP contribution in [0, 0.1) is 5.41 Å². The fraction of sp³-hybridized carbons (Fsp3) is 0.588. The zero-order valence-electron chi connectivity index (χ0n) is 13.5. The first kappa shape index (κ1) is 20.8. The Bertz CT molecular complexity index is 543. The second kappa shape index (κ2) is 8.72. The van der Waals surface area contributed by atoms with E-state index in [1.807, 2.05) is 0 Å². The highest BCUT2D eigenvalue weighted by Gasteiger charge is 2.33. The molecular formula is C17H24ClF3N2O. The predicted octanol–water partition coefficient (Wildman–Crippen LogP) is 4.04. The molecule has 1 aromatic carbocycles. The molecule has 1 aliphatic carbocycles. The second-order valence-electron chi connectivity index (χ2n) is 6.42. The van der Waals surface area contributed by atoms with Gasteiger partial charge in [0.1, 0.15) is 0 Å². The molecule has 0 atom stereocenters. The minimum Gasteiger partial charge on any atom is -0.352 e. The molecule has 0 bridgehead atoms. The lowest BCUT2D eigenvalue weighted by Crippen LogP contribution is -2.38. The van der Waals surface area contributed by atoms with E-state index in [-0.39, 0.29) is 30.3 Å². The maximum atomic E-state index is 12.7. The highest BCUT2D eigenvalue weighted by molar-refractivity contribution is 5.85. The highest BCUT2D eigenvalue weighted by atomic mass is 35.5. The highest BCUT2D eigenvalue weighted by Crippen LogP contribution is 2.38. The topological polar surface area (TPSA) is 55.1 Å². The molecule has 24 heavy (non-hydrogen) atoms. The van der Waals surface area contributed by atoms with Crippen LogP contribution in [0.2, 0.25) is 0 Å². The van der Waals surface area contributed by atoms with Crippen LogP contribution in [0.1, 0.15) is 49.7 Å². The number of carbonyl (C=O) groups excluding carboxylic acids is 1. The summed E-state index contributed by atoms with van der Waals surface area (Å²) < 4.78 is 38.0. The van der Waals surface area contributed by atoms with Gasteiger partial charge >= 0.3 is 6.18 Å². The van der Waals surface area contributed by atoms with Gasteiger partial charge in [-0.3, -0.25) is 4.79 Å². The fourth-order valence-corrected chi connectivity index (χ4v) is 3.22. The van der Waals surface area contributed by atoms with Crippen molar-refractivity contribution in [1.82, 2.24) is 5.32 Å². The van der Waals surface area contributed by atoms with Gasteiger partial charge in [-0.05, 0) is 42.5 Å². The molecule has 0 aliphatic heterocycles. The Morgan fingerprint density at radius 3 is 2.46 bits per heavy atom. The van der Waals surface area contributed by atoms with Crippen molar-refractivity contribution in [3.63, 3.8) is 0 Å². The Labute approximate surface area is 146 Å². The maximum absolute atomic E-state index is 12.7. The Kier molecular flexibility index (Phi) is 7.55. The van der Waals surface area contributed by atoms with Crippen LogP contribution in [0.4, 0.5) is 13.2 Å². The molecule has 0 unspecified atom stereocenters. The normalized spacial score (nSPS) is 17.0. The molecule has 0 radical (unpaired) electrons. The van der Waals surface area contributed by atoms with Gasteiger partial charge in [0.2, 0.25) is 5.91 Å². The first-order valence-corrected chi connectivity index (χ1v) is 7.98. The number of carbonyl (C=O) groups is 1. The summed E-state index contributed by atoms with van der Waals surface area (Å²) in [5.41, 5.74) is 5.46. The summed E-state index contributed by atoms with van der Waals surface area (Å²) in [6.07, 6.45) is 1.21. The monoisotopic (exact) mass is 364 g/mol. The lowest BCUT2D eigenvalue weighted by molar-refractivity contribution is -0.137. The molecule has 0 heterocycles. The van der Waals surface area contributed by atoms with E-state index in [4.69, 9.17) is 5.73 Å². The van der Waals surface area contributed by atoms with Crippen molar-refractivity contribution in [1.29, 1.82) is 0 Å². The van der Waals surface area contributed by atoms with Crippen LogP contribution in [-0.2, 0) is 17.5 Å². The van der Waals surface area contributed by atoms with Crippen LogP contribution in [0.15, 0.2) is 24.3 Å². The van der Waals surface area contributed by atoms with Gasteiger partial charge in [0, 0.05) is 13.0 Å². The molecule has 3 nitrogen and oxygen atoms in total. The lowest BCUT2D eigenvalue weighted by Gasteiger charge is -2.35. The van der Waals surface area contributed by atoms with E-state index in [1.54, 1.807) is 6.07 Å². The number of benzene rings is 1. The van der Waals surface area contributed by atoms with Crippen LogP contribution in [-0.4, -0.2) is 12.5 Å². The number of rotatable bonds is 5. The smallest absolute Gasteiger partial charge is 0.352 e. The Morgan fingerprint density at radius 2 is 1.88 bits per heavy atom. The number of nitrogens with one attached hydrogen (secondary N) is 1. The molecular weight excluding hydrogens is 341 g/mol. The average Bonchev–Trinajstić information content (AvgIpc) is 2.53. The lowest BCUT2D eigenvalue weighted by atomic mass is 9.71. The van der Waals surface area contributed by atoms with Gasteiger partial charge in [0.15, 0.2) is 0 Å². The molecule has 7 heteroatoms. The van der Waals surface area contributed by atoms with Crippen LogP contribution in [0.3, 0.4) is 0 Å².